The molecule has 6 heteroatoms. The normalized spacial score (nSPS) is 22.2. The monoisotopic (exact) mass is 360 g/mol. The van der Waals surface area contributed by atoms with Crippen LogP contribution in [0.15, 0.2) is 24.3 Å². The van der Waals surface area contributed by atoms with Gasteiger partial charge in [0.25, 0.3) is 0 Å². The highest BCUT2D eigenvalue weighted by Crippen LogP contribution is 2.48. The Bertz CT molecular complexity index is 670. The summed E-state index contributed by atoms with van der Waals surface area (Å²) in [6.45, 7) is 7.29. The Morgan fingerprint density at radius 3 is 2.35 bits per heavy atom. The molecule has 0 aromatic heterocycles. The Labute approximate surface area is 154 Å². The lowest BCUT2D eigenvalue weighted by Crippen LogP contribution is -2.49. The van der Waals surface area contributed by atoms with Gasteiger partial charge in [-0.1, -0.05) is 12.1 Å². The smallest absolute Gasteiger partial charge is 0.410 e. The lowest BCUT2D eigenvalue weighted by Gasteiger charge is -2.41. The van der Waals surface area contributed by atoms with Crippen LogP contribution in [0.2, 0.25) is 0 Å². The summed E-state index contributed by atoms with van der Waals surface area (Å²) in [6.07, 6.45) is 0.996. The van der Waals surface area contributed by atoms with Crippen LogP contribution in [0.5, 0.6) is 5.75 Å². The maximum Gasteiger partial charge on any atom is 0.410 e. The zero-order valence-corrected chi connectivity index (χ0v) is 16.0. The molecular formula is C20H28N2O4. The molecule has 0 saturated carbocycles. The fraction of sp³-hybridized carbons (Fsp3) is 0.600. The molecule has 3 rings (SSSR count). The van der Waals surface area contributed by atoms with Gasteiger partial charge in [0.05, 0.1) is 12.5 Å². The van der Waals surface area contributed by atoms with Gasteiger partial charge in [-0.15, -0.1) is 0 Å². The van der Waals surface area contributed by atoms with Crippen LogP contribution in [0.4, 0.5) is 4.79 Å². The van der Waals surface area contributed by atoms with Crippen molar-refractivity contribution in [2.45, 2.75) is 45.1 Å². The van der Waals surface area contributed by atoms with Gasteiger partial charge in [-0.3, -0.25) is 4.79 Å². The van der Waals surface area contributed by atoms with Gasteiger partial charge in [0.15, 0.2) is 0 Å². The third-order valence-corrected chi connectivity index (χ3v) is 5.41. The Morgan fingerprint density at radius 1 is 1.19 bits per heavy atom. The molecule has 2 fully saturated rings. The third kappa shape index (κ3) is 3.50. The largest absolute Gasteiger partial charge is 0.497 e. The molecule has 2 amide bonds. The maximum absolute atomic E-state index is 12.7. The zero-order chi connectivity index (χ0) is 18.9. The van der Waals surface area contributed by atoms with Gasteiger partial charge in [-0.05, 0) is 51.3 Å². The van der Waals surface area contributed by atoms with E-state index in [-0.39, 0.29) is 17.9 Å². The van der Waals surface area contributed by atoms with Gasteiger partial charge in [-0.25, -0.2) is 4.79 Å². The van der Waals surface area contributed by atoms with Crippen molar-refractivity contribution in [2.75, 3.05) is 26.7 Å². The summed E-state index contributed by atoms with van der Waals surface area (Å²) in [6, 6.07) is 7.93. The summed E-state index contributed by atoms with van der Waals surface area (Å²) in [5, 5.41) is 3.03. The molecule has 2 heterocycles. The van der Waals surface area contributed by atoms with Crippen molar-refractivity contribution in [1.29, 1.82) is 0 Å². The SMILES string of the molecule is COc1ccc(C2CNC(=O)C23CCN(C(=O)OC(C)(C)C)CC3)cc1. The summed E-state index contributed by atoms with van der Waals surface area (Å²) < 4.78 is 10.7. The predicted octanol–water partition coefficient (Wildman–Crippen LogP) is 2.93. The minimum absolute atomic E-state index is 0.0992. The lowest BCUT2D eigenvalue weighted by molar-refractivity contribution is -0.130. The molecule has 142 valence electrons. The predicted molar refractivity (Wildman–Crippen MR) is 98.2 cm³/mol. The molecule has 26 heavy (non-hydrogen) atoms. The Morgan fingerprint density at radius 2 is 1.81 bits per heavy atom. The summed E-state index contributed by atoms with van der Waals surface area (Å²) in [4.78, 5) is 26.7. The number of nitrogens with zero attached hydrogens (tertiary/aromatic N) is 1. The van der Waals surface area contributed by atoms with E-state index >= 15 is 0 Å². The Hall–Kier alpha value is -2.24. The summed E-state index contributed by atoms with van der Waals surface area (Å²) in [5.74, 6) is 1.02. The number of ether oxygens (including phenoxy) is 2. The van der Waals surface area contributed by atoms with Crippen LogP contribution in [0.25, 0.3) is 0 Å². The molecule has 2 aliphatic rings. The highest BCUT2D eigenvalue weighted by molar-refractivity contribution is 5.87. The van der Waals surface area contributed by atoms with Crippen molar-refractivity contribution in [3.63, 3.8) is 0 Å². The van der Waals surface area contributed by atoms with E-state index in [0.717, 1.165) is 11.3 Å². The number of rotatable bonds is 2. The molecule has 1 aromatic rings. The number of nitrogens with one attached hydrogen (secondary N) is 1. The van der Waals surface area contributed by atoms with Crippen LogP contribution >= 0.6 is 0 Å². The minimum atomic E-state index is -0.511. The molecule has 1 N–H and O–H groups in total. The van der Waals surface area contributed by atoms with Crippen molar-refractivity contribution >= 4 is 12.0 Å². The van der Waals surface area contributed by atoms with Crippen molar-refractivity contribution in [3.05, 3.63) is 29.8 Å². The van der Waals surface area contributed by atoms with E-state index in [1.54, 1.807) is 12.0 Å². The van der Waals surface area contributed by atoms with Crippen molar-refractivity contribution in [2.24, 2.45) is 5.41 Å². The molecule has 1 unspecified atom stereocenters. The van der Waals surface area contributed by atoms with E-state index in [4.69, 9.17) is 9.47 Å². The summed E-state index contributed by atoms with van der Waals surface area (Å²) in [5.41, 5.74) is 0.172. The van der Waals surface area contributed by atoms with E-state index in [9.17, 15) is 9.59 Å². The number of amides is 2. The first kappa shape index (κ1) is 18.5. The van der Waals surface area contributed by atoms with E-state index in [0.29, 0.717) is 32.5 Å². The molecule has 1 spiro atoms. The summed E-state index contributed by atoms with van der Waals surface area (Å²) >= 11 is 0. The molecule has 1 aromatic carbocycles. The van der Waals surface area contributed by atoms with Crippen LogP contribution in [0, 0.1) is 5.41 Å². The molecule has 0 bridgehead atoms. The van der Waals surface area contributed by atoms with Crippen molar-refractivity contribution in [1.82, 2.24) is 10.2 Å². The number of methoxy groups -OCH3 is 1. The zero-order valence-electron chi connectivity index (χ0n) is 16.0. The second kappa shape index (κ2) is 6.82. The minimum Gasteiger partial charge on any atom is -0.497 e. The van der Waals surface area contributed by atoms with E-state index in [1.165, 1.54) is 0 Å². The highest BCUT2D eigenvalue weighted by Gasteiger charge is 2.52. The number of hydrogen-bond acceptors (Lipinski definition) is 4. The quantitative estimate of drug-likeness (QED) is 0.880. The number of piperidine rings is 1. The van der Waals surface area contributed by atoms with Crippen LogP contribution < -0.4 is 10.1 Å². The van der Waals surface area contributed by atoms with Crippen molar-refractivity contribution < 1.29 is 19.1 Å². The lowest BCUT2D eigenvalue weighted by atomic mass is 9.68. The van der Waals surface area contributed by atoms with Gasteiger partial charge < -0.3 is 19.7 Å². The number of hydrogen-bond donors (Lipinski definition) is 1. The van der Waals surface area contributed by atoms with E-state index in [2.05, 4.69) is 5.32 Å². The average Bonchev–Trinajstić information content (AvgIpc) is 2.90. The average molecular weight is 360 g/mol. The van der Waals surface area contributed by atoms with Crippen molar-refractivity contribution in [3.8, 4) is 5.75 Å². The first-order valence-electron chi connectivity index (χ1n) is 9.15. The number of benzene rings is 1. The molecule has 6 nitrogen and oxygen atoms in total. The van der Waals surface area contributed by atoms with Gasteiger partial charge in [0.2, 0.25) is 5.91 Å². The number of likely N-dealkylation sites (tertiary alicyclic amines) is 1. The molecule has 0 aliphatic carbocycles. The maximum atomic E-state index is 12.7. The van der Waals surface area contributed by atoms with Gasteiger partial charge in [-0.2, -0.15) is 0 Å². The van der Waals surface area contributed by atoms with E-state index in [1.807, 2.05) is 45.0 Å². The standard InChI is InChI=1S/C20H28N2O4/c1-19(2,3)26-18(24)22-11-9-20(10-12-22)16(13-21-17(20)23)14-5-7-15(25-4)8-6-14/h5-8,16H,9-13H2,1-4H3,(H,21,23). The first-order valence-corrected chi connectivity index (χ1v) is 9.15. The molecule has 2 aliphatic heterocycles. The molecule has 2 saturated heterocycles. The van der Waals surface area contributed by atoms with Crippen LogP contribution in [-0.2, 0) is 9.53 Å². The van der Waals surface area contributed by atoms with Crippen LogP contribution in [0.3, 0.4) is 0 Å². The second-order valence-corrected chi connectivity index (χ2v) is 8.16. The van der Waals surface area contributed by atoms with Crippen LogP contribution in [-0.4, -0.2) is 49.2 Å². The third-order valence-electron chi connectivity index (χ3n) is 5.41. The highest BCUT2D eigenvalue weighted by atomic mass is 16.6. The Kier molecular flexibility index (Phi) is 4.86. The van der Waals surface area contributed by atoms with E-state index < -0.39 is 11.0 Å². The fourth-order valence-electron chi connectivity index (χ4n) is 3.99. The number of carbonyl (C=O) groups excluding carboxylic acids is 2. The van der Waals surface area contributed by atoms with Gasteiger partial charge in [0.1, 0.15) is 11.4 Å². The Balaban J connectivity index is 1.74. The first-order chi connectivity index (χ1) is 12.2. The number of carbonyl (C=O) groups is 2. The second-order valence-electron chi connectivity index (χ2n) is 8.16. The molecule has 0 radical (unpaired) electrons. The van der Waals surface area contributed by atoms with Gasteiger partial charge >= 0.3 is 6.09 Å². The molecule has 1 atom stereocenters. The van der Waals surface area contributed by atoms with Crippen LogP contribution in [0.1, 0.15) is 45.1 Å². The molecular weight excluding hydrogens is 332 g/mol. The van der Waals surface area contributed by atoms with Gasteiger partial charge in [0, 0.05) is 25.6 Å². The summed E-state index contributed by atoms with van der Waals surface area (Å²) in [7, 11) is 1.64. The fourth-order valence-corrected chi connectivity index (χ4v) is 3.99. The topological polar surface area (TPSA) is 67.9 Å².